The summed E-state index contributed by atoms with van der Waals surface area (Å²) in [6, 6.07) is -0.0832. The molecule has 0 bridgehead atoms. The van der Waals surface area contributed by atoms with Crippen molar-refractivity contribution in [2.45, 2.75) is 44.2 Å². The van der Waals surface area contributed by atoms with Crippen LogP contribution >= 0.6 is 0 Å². The van der Waals surface area contributed by atoms with E-state index in [0.29, 0.717) is 6.61 Å². The van der Waals surface area contributed by atoms with E-state index in [2.05, 4.69) is 5.32 Å². The van der Waals surface area contributed by atoms with Gasteiger partial charge in [-0.1, -0.05) is 6.42 Å². The van der Waals surface area contributed by atoms with Gasteiger partial charge in [-0.3, -0.25) is 4.79 Å². The van der Waals surface area contributed by atoms with Gasteiger partial charge < -0.3 is 14.8 Å². The Hall–Kier alpha value is -0.610. The molecule has 86 valence electrons. The Labute approximate surface area is 90.3 Å². The molecule has 0 spiro atoms. The molecule has 2 heterocycles. The Morgan fingerprint density at radius 2 is 2.27 bits per heavy atom. The predicted molar refractivity (Wildman–Crippen MR) is 55.6 cm³/mol. The molecule has 1 unspecified atom stereocenters. The molecule has 0 radical (unpaired) electrons. The lowest BCUT2D eigenvalue weighted by Gasteiger charge is -2.22. The minimum absolute atomic E-state index is 0.0832. The van der Waals surface area contributed by atoms with Crippen LogP contribution in [-0.4, -0.2) is 37.9 Å². The van der Waals surface area contributed by atoms with Crippen molar-refractivity contribution in [2.24, 2.45) is 0 Å². The van der Waals surface area contributed by atoms with Gasteiger partial charge in [-0.25, -0.2) is 0 Å². The lowest BCUT2D eigenvalue weighted by atomic mass is 10.1. The van der Waals surface area contributed by atoms with Crippen LogP contribution in [0.1, 0.15) is 32.1 Å². The Morgan fingerprint density at radius 3 is 2.93 bits per heavy atom. The highest BCUT2D eigenvalue weighted by Crippen LogP contribution is 2.13. The van der Waals surface area contributed by atoms with Crippen molar-refractivity contribution in [2.75, 3.05) is 19.8 Å². The summed E-state index contributed by atoms with van der Waals surface area (Å²) in [5, 5.41) is 3.18. The summed E-state index contributed by atoms with van der Waals surface area (Å²) in [5.41, 5.74) is 0. The first kappa shape index (κ1) is 10.9. The zero-order chi connectivity index (χ0) is 10.5. The maximum atomic E-state index is 11.6. The Kier molecular flexibility index (Phi) is 3.97. The number of rotatable bonds is 3. The minimum atomic E-state index is -0.106. The van der Waals surface area contributed by atoms with Crippen LogP contribution in [0.3, 0.4) is 0 Å². The monoisotopic (exact) mass is 213 g/mol. The summed E-state index contributed by atoms with van der Waals surface area (Å²) < 4.78 is 10.6. The third kappa shape index (κ3) is 3.18. The van der Waals surface area contributed by atoms with E-state index in [1.807, 2.05) is 0 Å². The molecule has 4 nitrogen and oxygen atoms in total. The van der Waals surface area contributed by atoms with Crippen LogP contribution in [0, 0.1) is 0 Å². The molecule has 0 saturated carbocycles. The molecule has 2 saturated heterocycles. The summed E-state index contributed by atoms with van der Waals surface area (Å²) in [5.74, 6) is -0.106. The first-order valence-corrected chi connectivity index (χ1v) is 5.88. The molecule has 2 rings (SSSR count). The molecule has 2 aliphatic rings. The molecule has 0 aliphatic carbocycles. The molecule has 0 aromatic heterocycles. The van der Waals surface area contributed by atoms with Gasteiger partial charge in [0, 0.05) is 6.61 Å². The quantitative estimate of drug-likeness (QED) is 0.706. The molecule has 15 heavy (non-hydrogen) atoms. The Balaban J connectivity index is 1.66. The maximum Gasteiger partial charge on any atom is 0.323 e. The highest BCUT2D eigenvalue weighted by Gasteiger charge is 2.24. The second-order valence-corrected chi connectivity index (χ2v) is 4.27. The average molecular weight is 213 g/mol. The van der Waals surface area contributed by atoms with Crippen molar-refractivity contribution in [1.29, 1.82) is 0 Å². The molecule has 0 aromatic carbocycles. The predicted octanol–water partition coefficient (Wildman–Crippen LogP) is 0.851. The molecule has 2 aliphatic heterocycles. The van der Waals surface area contributed by atoms with Crippen molar-refractivity contribution in [3.05, 3.63) is 0 Å². The average Bonchev–Trinajstić information content (AvgIpc) is 2.80. The van der Waals surface area contributed by atoms with E-state index in [1.54, 1.807) is 0 Å². The Morgan fingerprint density at radius 1 is 1.33 bits per heavy atom. The summed E-state index contributed by atoms with van der Waals surface area (Å²) in [7, 11) is 0. The number of nitrogens with one attached hydrogen (secondary N) is 1. The summed E-state index contributed by atoms with van der Waals surface area (Å²) in [6.07, 6.45) is 5.43. The van der Waals surface area contributed by atoms with Gasteiger partial charge >= 0.3 is 5.97 Å². The number of carbonyl (C=O) groups excluding carboxylic acids is 1. The van der Waals surface area contributed by atoms with Crippen LogP contribution in [0.15, 0.2) is 0 Å². The van der Waals surface area contributed by atoms with Crippen LogP contribution in [-0.2, 0) is 14.3 Å². The van der Waals surface area contributed by atoms with Crippen molar-refractivity contribution < 1.29 is 14.3 Å². The van der Waals surface area contributed by atoms with Gasteiger partial charge in [0.05, 0.1) is 6.10 Å². The molecule has 2 fully saturated rings. The smallest absolute Gasteiger partial charge is 0.323 e. The number of ether oxygens (including phenoxy) is 2. The normalized spacial score (nSPS) is 31.5. The van der Waals surface area contributed by atoms with Crippen LogP contribution < -0.4 is 5.32 Å². The standard InChI is InChI=1S/C11H19NO3/c13-11(10-5-1-2-6-12-10)15-8-9-4-3-7-14-9/h9-10,12H,1-8H2/t9?,10-/m1/s1. The lowest BCUT2D eigenvalue weighted by Crippen LogP contribution is -2.42. The number of hydrogen-bond donors (Lipinski definition) is 1. The number of esters is 1. The van der Waals surface area contributed by atoms with Crippen molar-refractivity contribution in [1.82, 2.24) is 5.32 Å². The first-order valence-electron chi connectivity index (χ1n) is 5.88. The molecule has 4 heteroatoms. The molecule has 1 N–H and O–H groups in total. The van der Waals surface area contributed by atoms with Crippen LogP contribution in [0.4, 0.5) is 0 Å². The van der Waals surface area contributed by atoms with E-state index in [9.17, 15) is 4.79 Å². The van der Waals surface area contributed by atoms with E-state index in [1.165, 1.54) is 0 Å². The number of piperidine rings is 1. The van der Waals surface area contributed by atoms with Crippen molar-refractivity contribution in [3.8, 4) is 0 Å². The largest absolute Gasteiger partial charge is 0.462 e. The zero-order valence-electron chi connectivity index (χ0n) is 9.04. The second kappa shape index (κ2) is 5.47. The number of carbonyl (C=O) groups is 1. The fourth-order valence-electron chi connectivity index (χ4n) is 2.10. The van der Waals surface area contributed by atoms with E-state index < -0.39 is 0 Å². The van der Waals surface area contributed by atoms with Crippen LogP contribution in [0.2, 0.25) is 0 Å². The van der Waals surface area contributed by atoms with Crippen molar-refractivity contribution in [3.63, 3.8) is 0 Å². The van der Waals surface area contributed by atoms with E-state index in [0.717, 1.165) is 45.3 Å². The van der Waals surface area contributed by atoms with Gasteiger partial charge in [-0.05, 0) is 32.2 Å². The molecular formula is C11H19NO3. The molecular weight excluding hydrogens is 194 g/mol. The molecule has 2 atom stereocenters. The fourth-order valence-corrected chi connectivity index (χ4v) is 2.10. The summed E-state index contributed by atoms with van der Waals surface area (Å²) in [4.78, 5) is 11.6. The highest BCUT2D eigenvalue weighted by molar-refractivity contribution is 5.75. The topological polar surface area (TPSA) is 47.6 Å². The summed E-state index contributed by atoms with van der Waals surface area (Å²) >= 11 is 0. The van der Waals surface area contributed by atoms with Gasteiger partial charge in [0.2, 0.25) is 0 Å². The van der Waals surface area contributed by atoms with Crippen LogP contribution in [0.5, 0.6) is 0 Å². The fraction of sp³-hybridized carbons (Fsp3) is 0.909. The third-order valence-electron chi connectivity index (χ3n) is 3.03. The number of hydrogen-bond acceptors (Lipinski definition) is 4. The SMILES string of the molecule is O=C(OCC1CCCO1)[C@H]1CCCCN1. The van der Waals surface area contributed by atoms with Gasteiger partial charge in [-0.2, -0.15) is 0 Å². The van der Waals surface area contributed by atoms with Gasteiger partial charge in [0.15, 0.2) is 0 Å². The van der Waals surface area contributed by atoms with E-state index >= 15 is 0 Å². The van der Waals surface area contributed by atoms with Gasteiger partial charge in [0.1, 0.15) is 12.6 Å². The third-order valence-corrected chi connectivity index (χ3v) is 3.03. The maximum absolute atomic E-state index is 11.6. The zero-order valence-corrected chi connectivity index (χ0v) is 9.04. The van der Waals surface area contributed by atoms with Crippen LogP contribution in [0.25, 0.3) is 0 Å². The lowest BCUT2D eigenvalue weighted by molar-refractivity contribution is -0.150. The first-order chi connectivity index (χ1) is 7.36. The second-order valence-electron chi connectivity index (χ2n) is 4.27. The summed E-state index contributed by atoms with van der Waals surface area (Å²) in [6.45, 7) is 2.17. The van der Waals surface area contributed by atoms with Gasteiger partial charge in [0.25, 0.3) is 0 Å². The highest BCUT2D eigenvalue weighted by atomic mass is 16.6. The van der Waals surface area contributed by atoms with Crippen molar-refractivity contribution >= 4 is 5.97 Å². The van der Waals surface area contributed by atoms with Gasteiger partial charge in [-0.15, -0.1) is 0 Å². The molecule has 0 aromatic rings. The van der Waals surface area contributed by atoms with E-state index in [-0.39, 0.29) is 18.1 Å². The molecule has 0 amide bonds. The van der Waals surface area contributed by atoms with E-state index in [4.69, 9.17) is 9.47 Å². The minimum Gasteiger partial charge on any atom is -0.462 e. The Bertz CT molecular complexity index is 208.